The highest BCUT2D eigenvalue weighted by molar-refractivity contribution is 5.99. The molecule has 0 bridgehead atoms. The third-order valence-electron chi connectivity index (χ3n) is 3.99. The average Bonchev–Trinajstić information content (AvgIpc) is 3.02. The molecule has 1 aromatic carbocycles. The van der Waals surface area contributed by atoms with Gasteiger partial charge in [0.2, 0.25) is 0 Å². The highest BCUT2D eigenvalue weighted by Gasteiger charge is 2.18. The second-order valence-electron chi connectivity index (χ2n) is 5.42. The molecule has 5 nitrogen and oxygen atoms in total. The van der Waals surface area contributed by atoms with E-state index in [9.17, 15) is 4.39 Å². The van der Waals surface area contributed by atoms with Crippen molar-refractivity contribution in [3.8, 4) is 0 Å². The van der Waals surface area contributed by atoms with E-state index < -0.39 is 0 Å². The molecule has 1 aromatic heterocycles. The van der Waals surface area contributed by atoms with E-state index in [1.165, 1.54) is 0 Å². The predicted octanol–water partition coefficient (Wildman–Crippen LogP) is 2.69. The van der Waals surface area contributed by atoms with Crippen molar-refractivity contribution in [1.82, 2.24) is 15.5 Å². The van der Waals surface area contributed by atoms with Gasteiger partial charge in [-0.25, -0.2) is 4.39 Å². The number of amidine groups is 1. The molecular formula is C17H18FN5. The van der Waals surface area contributed by atoms with Crippen molar-refractivity contribution in [3.63, 3.8) is 0 Å². The van der Waals surface area contributed by atoms with E-state index in [0.717, 1.165) is 27.7 Å². The summed E-state index contributed by atoms with van der Waals surface area (Å²) >= 11 is 0. The van der Waals surface area contributed by atoms with E-state index in [1.54, 1.807) is 39.4 Å². The molecule has 0 unspecified atom stereocenters. The summed E-state index contributed by atoms with van der Waals surface area (Å²) in [5.74, 6) is 0.198. The first-order valence-corrected chi connectivity index (χ1v) is 7.23. The number of aliphatic imine (C=N–C) groups is 1. The van der Waals surface area contributed by atoms with Crippen LogP contribution in [0.2, 0.25) is 0 Å². The summed E-state index contributed by atoms with van der Waals surface area (Å²) in [4.78, 5) is 3.91. The zero-order chi connectivity index (χ0) is 16.6. The quantitative estimate of drug-likeness (QED) is 0.589. The van der Waals surface area contributed by atoms with Crippen LogP contribution in [0.5, 0.6) is 0 Å². The second-order valence-corrected chi connectivity index (χ2v) is 5.42. The molecule has 0 fully saturated rings. The van der Waals surface area contributed by atoms with E-state index in [-0.39, 0.29) is 5.82 Å². The molecule has 1 aliphatic rings. The van der Waals surface area contributed by atoms with Gasteiger partial charge in [0.1, 0.15) is 11.7 Å². The molecule has 0 saturated carbocycles. The average molecular weight is 311 g/mol. The number of nitrogens with zero attached hydrogens (tertiary/aromatic N) is 2. The van der Waals surface area contributed by atoms with Gasteiger partial charge >= 0.3 is 0 Å². The highest BCUT2D eigenvalue weighted by atomic mass is 19.1. The van der Waals surface area contributed by atoms with Crippen molar-refractivity contribution in [1.29, 1.82) is 0 Å². The van der Waals surface area contributed by atoms with E-state index in [1.807, 2.05) is 12.2 Å². The van der Waals surface area contributed by atoms with Crippen LogP contribution in [0.25, 0.3) is 16.5 Å². The van der Waals surface area contributed by atoms with Crippen molar-refractivity contribution in [2.24, 2.45) is 10.7 Å². The number of H-pyrrole nitrogens is 1. The van der Waals surface area contributed by atoms with E-state index in [0.29, 0.717) is 17.0 Å². The lowest BCUT2D eigenvalue weighted by Gasteiger charge is -2.16. The number of aryl methyl sites for hydroxylation is 1. The van der Waals surface area contributed by atoms with Crippen LogP contribution in [-0.4, -0.2) is 23.1 Å². The van der Waals surface area contributed by atoms with Gasteiger partial charge in [0.15, 0.2) is 0 Å². The van der Waals surface area contributed by atoms with Gasteiger partial charge in [-0.15, -0.1) is 0 Å². The maximum atomic E-state index is 14.5. The van der Waals surface area contributed by atoms with Gasteiger partial charge in [-0.1, -0.05) is 0 Å². The Hall–Kier alpha value is -2.89. The summed E-state index contributed by atoms with van der Waals surface area (Å²) in [7, 11) is 1.63. The fourth-order valence-corrected chi connectivity index (χ4v) is 2.78. The number of hydrogen-bond acceptors (Lipinski definition) is 3. The number of dihydropyridines is 1. The summed E-state index contributed by atoms with van der Waals surface area (Å²) in [6.45, 7) is 3.54. The number of allylic oxidation sites excluding steroid dienone is 3. The Morgan fingerprint density at radius 3 is 2.87 bits per heavy atom. The number of benzene rings is 1. The molecular weight excluding hydrogens is 293 g/mol. The molecule has 0 radical (unpaired) electrons. The molecule has 2 heterocycles. The van der Waals surface area contributed by atoms with E-state index in [2.05, 4.69) is 20.5 Å². The minimum atomic E-state index is -0.218. The molecule has 0 saturated heterocycles. The van der Waals surface area contributed by atoms with E-state index in [4.69, 9.17) is 5.73 Å². The molecule has 3 rings (SSSR count). The lowest BCUT2D eigenvalue weighted by Crippen LogP contribution is -2.14. The monoisotopic (exact) mass is 311 g/mol. The van der Waals surface area contributed by atoms with Gasteiger partial charge in [-0.3, -0.25) is 10.1 Å². The lowest BCUT2D eigenvalue weighted by molar-refractivity contribution is 0.611. The Balaban J connectivity index is 2.23. The first kappa shape index (κ1) is 15.0. The van der Waals surface area contributed by atoms with E-state index >= 15 is 0 Å². The minimum absolute atomic E-state index is 0.218. The summed E-state index contributed by atoms with van der Waals surface area (Å²) in [6.07, 6.45) is 9.08. The third kappa shape index (κ3) is 2.52. The number of nitrogens with one attached hydrogen (secondary N) is 2. The van der Waals surface area contributed by atoms with Crippen LogP contribution >= 0.6 is 0 Å². The van der Waals surface area contributed by atoms with Crippen molar-refractivity contribution < 1.29 is 4.39 Å². The van der Waals surface area contributed by atoms with Crippen molar-refractivity contribution in [2.75, 3.05) is 7.05 Å². The highest BCUT2D eigenvalue weighted by Crippen LogP contribution is 2.34. The summed E-state index contributed by atoms with van der Waals surface area (Å²) in [5, 5.41) is 10.9. The molecule has 1 aliphatic heterocycles. The lowest BCUT2D eigenvalue weighted by atomic mass is 9.92. The smallest absolute Gasteiger partial charge is 0.131 e. The van der Waals surface area contributed by atoms with Gasteiger partial charge < -0.3 is 11.1 Å². The largest absolute Gasteiger partial charge is 0.384 e. The third-order valence-corrected chi connectivity index (χ3v) is 3.99. The fourth-order valence-electron chi connectivity index (χ4n) is 2.78. The van der Waals surface area contributed by atoms with Gasteiger partial charge in [0.05, 0.1) is 11.7 Å². The number of rotatable bonds is 2. The van der Waals surface area contributed by atoms with Crippen LogP contribution in [0, 0.1) is 19.7 Å². The van der Waals surface area contributed by atoms with Crippen LogP contribution in [0.3, 0.4) is 0 Å². The molecule has 0 atom stereocenters. The zero-order valence-electron chi connectivity index (χ0n) is 13.2. The topological polar surface area (TPSA) is 79.1 Å². The molecule has 0 spiro atoms. The number of fused-ring (bicyclic) bond motifs is 1. The van der Waals surface area contributed by atoms with Crippen LogP contribution in [0.4, 0.5) is 4.39 Å². The Kier molecular flexibility index (Phi) is 3.73. The molecule has 0 amide bonds. The number of nitrogens with two attached hydrogens (primary N) is 1. The minimum Gasteiger partial charge on any atom is -0.384 e. The normalized spacial score (nSPS) is 16.8. The summed E-state index contributed by atoms with van der Waals surface area (Å²) in [6, 6.07) is 0. The van der Waals surface area contributed by atoms with Crippen molar-refractivity contribution in [3.05, 3.63) is 58.8 Å². The Labute approximate surface area is 133 Å². The van der Waals surface area contributed by atoms with Gasteiger partial charge in [0.25, 0.3) is 0 Å². The fraction of sp³-hybridized carbons (Fsp3) is 0.176. The van der Waals surface area contributed by atoms with Crippen LogP contribution in [0.15, 0.2) is 41.3 Å². The number of hydrogen-bond donors (Lipinski definition) is 3. The Bertz CT molecular complexity index is 899. The van der Waals surface area contributed by atoms with Gasteiger partial charge in [0, 0.05) is 36.0 Å². The van der Waals surface area contributed by atoms with Crippen LogP contribution < -0.4 is 11.1 Å². The molecule has 4 N–H and O–H groups in total. The standard InChI is InChI=1S/C17H18FN5/c1-9-15(13-8-22-23-17(13)10(2)16(9)18)11-4-5-21-12(6-11)7-14(19)20-3/h4-8,21H,1-3H3,(H2,19,20)(H,22,23)/b12-7-. The number of aromatic amines is 1. The SMILES string of the molecule is CN=C(N)/C=C1/C=C(c2c(C)c(F)c(C)c3[nH]ncc23)C=CN1. The van der Waals surface area contributed by atoms with Crippen LogP contribution in [-0.2, 0) is 0 Å². The molecule has 6 heteroatoms. The number of aromatic nitrogens is 2. The first-order valence-electron chi connectivity index (χ1n) is 7.23. The molecule has 2 aromatic rings. The van der Waals surface area contributed by atoms with Crippen molar-refractivity contribution >= 4 is 22.3 Å². The number of halogens is 1. The molecule has 23 heavy (non-hydrogen) atoms. The molecule has 118 valence electrons. The van der Waals surface area contributed by atoms with Gasteiger partial charge in [-0.2, -0.15) is 5.10 Å². The summed E-state index contributed by atoms with van der Waals surface area (Å²) < 4.78 is 14.5. The maximum Gasteiger partial charge on any atom is 0.131 e. The van der Waals surface area contributed by atoms with Crippen molar-refractivity contribution in [2.45, 2.75) is 13.8 Å². The Morgan fingerprint density at radius 2 is 2.13 bits per heavy atom. The second kappa shape index (κ2) is 5.72. The van der Waals surface area contributed by atoms with Gasteiger partial charge in [-0.05, 0) is 42.7 Å². The Morgan fingerprint density at radius 1 is 1.35 bits per heavy atom. The first-order chi connectivity index (χ1) is 11.0. The molecule has 0 aliphatic carbocycles. The zero-order valence-corrected chi connectivity index (χ0v) is 13.2. The maximum absolute atomic E-state index is 14.5. The predicted molar refractivity (Wildman–Crippen MR) is 91.4 cm³/mol. The van der Waals surface area contributed by atoms with Crippen LogP contribution in [0.1, 0.15) is 16.7 Å². The summed E-state index contributed by atoms with van der Waals surface area (Å²) in [5.41, 5.74) is 10.2.